The Hall–Kier alpha value is -2.10. The molecule has 1 amide bonds. The fourth-order valence-electron chi connectivity index (χ4n) is 2.93. The number of anilines is 1. The fraction of sp³-hybridized carbons (Fsp3) is 0.375. The van der Waals surface area contributed by atoms with Crippen LogP contribution in [0.15, 0.2) is 27.4 Å². The highest BCUT2D eigenvalue weighted by Crippen LogP contribution is 2.34. The Morgan fingerprint density at radius 1 is 1.32 bits per heavy atom. The molecule has 1 aliphatic carbocycles. The van der Waals surface area contributed by atoms with Gasteiger partial charge in [-0.25, -0.2) is 4.98 Å². The summed E-state index contributed by atoms with van der Waals surface area (Å²) in [5.74, 6) is 0.928. The second-order valence-corrected chi connectivity index (χ2v) is 7.93. The Morgan fingerprint density at radius 3 is 2.92 bits per heavy atom. The van der Waals surface area contributed by atoms with Crippen LogP contribution < -0.4 is 11.1 Å². The normalized spacial score (nSPS) is 16.2. The molecule has 3 aromatic heterocycles. The molecule has 1 saturated carbocycles. The van der Waals surface area contributed by atoms with Gasteiger partial charge in [0.1, 0.15) is 0 Å². The summed E-state index contributed by atoms with van der Waals surface area (Å²) in [5, 5.41) is 11.1. The molecule has 0 atom stereocenters. The molecule has 7 nitrogen and oxygen atoms in total. The topological polar surface area (TPSA) is 107 Å². The van der Waals surface area contributed by atoms with Crippen molar-refractivity contribution in [2.45, 2.75) is 37.6 Å². The number of nitrogens with one attached hydrogen (secondary N) is 1. The van der Waals surface area contributed by atoms with Crippen molar-refractivity contribution in [3.8, 4) is 0 Å². The molecule has 3 heterocycles. The summed E-state index contributed by atoms with van der Waals surface area (Å²) in [6, 6.07) is 3.62. The lowest BCUT2D eigenvalue weighted by Crippen LogP contribution is -2.34. The molecule has 0 saturated heterocycles. The van der Waals surface area contributed by atoms with Crippen molar-refractivity contribution in [1.82, 2.24) is 15.1 Å². The fourth-order valence-corrected chi connectivity index (χ4v) is 4.25. The van der Waals surface area contributed by atoms with E-state index < -0.39 is 5.54 Å². The summed E-state index contributed by atoms with van der Waals surface area (Å²) in [6.07, 6.45) is 4.40. The van der Waals surface area contributed by atoms with Crippen molar-refractivity contribution in [2.24, 2.45) is 5.73 Å². The molecule has 0 spiro atoms. The Labute approximate surface area is 152 Å². The molecule has 0 aliphatic heterocycles. The lowest BCUT2D eigenvalue weighted by Gasteiger charge is -2.17. The van der Waals surface area contributed by atoms with Gasteiger partial charge in [0.2, 0.25) is 5.89 Å². The van der Waals surface area contributed by atoms with E-state index in [9.17, 15) is 4.79 Å². The molecule has 0 bridgehead atoms. The quantitative estimate of drug-likeness (QED) is 0.709. The minimum Gasteiger partial charge on any atom is -0.339 e. The number of hydrogen-bond acceptors (Lipinski definition) is 8. The lowest BCUT2D eigenvalue weighted by molar-refractivity contribution is 0.103. The molecule has 0 radical (unpaired) electrons. The number of nitrogens with two attached hydrogens (primary N) is 1. The van der Waals surface area contributed by atoms with Crippen LogP contribution in [-0.4, -0.2) is 21.0 Å². The molecule has 3 N–H and O–H groups in total. The van der Waals surface area contributed by atoms with Crippen LogP contribution in [0.3, 0.4) is 0 Å². The molecule has 0 unspecified atom stereocenters. The molecular formula is C16H17N5O2S2. The van der Waals surface area contributed by atoms with Gasteiger partial charge < -0.3 is 10.3 Å². The molecule has 0 aromatic carbocycles. The van der Waals surface area contributed by atoms with E-state index in [4.69, 9.17) is 10.3 Å². The number of thiophene rings is 1. The predicted molar refractivity (Wildman–Crippen MR) is 95.8 cm³/mol. The number of thiazole rings is 1. The van der Waals surface area contributed by atoms with Crippen LogP contribution in [0, 0.1) is 0 Å². The van der Waals surface area contributed by atoms with Crippen LogP contribution in [0.25, 0.3) is 0 Å². The van der Waals surface area contributed by atoms with E-state index in [1.165, 1.54) is 22.7 Å². The maximum Gasteiger partial charge on any atom is 0.267 e. The SMILES string of the molecule is NC1(c2noc(Cc3csc(NC(=O)c4cccs4)n3)n2)CCCC1. The van der Waals surface area contributed by atoms with E-state index in [0.717, 1.165) is 31.4 Å². The van der Waals surface area contributed by atoms with Crippen molar-refractivity contribution in [3.05, 3.63) is 45.2 Å². The molecule has 130 valence electrons. The van der Waals surface area contributed by atoms with Gasteiger partial charge in [0.15, 0.2) is 11.0 Å². The van der Waals surface area contributed by atoms with E-state index in [1.54, 1.807) is 6.07 Å². The molecule has 4 rings (SSSR count). The van der Waals surface area contributed by atoms with Gasteiger partial charge in [0.25, 0.3) is 5.91 Å². The average Bonchev–Trinajstić information content (AvgIpc) is 3.35. The molecule has 1 aliphatic rings. The summed E-state index contributed by atoms with van der Waals surface area (Å²) >= 11 is 2.77. The summed E-state index contributed by atoms with van der Waals surface area (Å²) in [4.78, 5) is 21.6. The zero-order valence-electron chi connectivity index (χ0n) is 13.4. The number of rotatable bonds is 5. The van der Waals surface area contributed by atoms with E-state index in [-0.39, 0.29) is 5.91 Å². The third kappa shape index (κ3) is 3.48. The first-order chi connectivity index (χ1) is 12.1. The van der Waals surface area contributed by atoms with Crippen LogP contribution in [0.5, 0.6) is 0 Å². The molecular weight excluding hydrogens is 358 g/mol. The van der Waals surface area contributed by atoms with Gasteiger partial charge in [-0.1, -0.05) is 24.1 Å². The highest BCUT2D eigenvalue weighted by molar-refractivity contribution is 7.14. The first-order valence-corrected chi connectivity index (χ1v) is 9.79. The van der Waals surface area contributed by atoms with E-state index >= 15 is 0 Å². The van der Waals surface area contributed by atoms with Gasteiger partial charge in [-0.05, 0) is 24.3 Å². The Morgan fingerprint density at radius 2 is 2.16 bits per heavy atom. The van der Waals surface area contributed by atoms with Crippen LogP contribution in [0.1, 0.15) is 52.8 Å². The van der Waals surface area contributed by atoms with E-state index in [1.807, 2.05) is 16.8 Å². The second-order valence-electron chi connectivity index (χ2n) is 6.13. The first kappa shape index (κ1) is 16.4. The molecule has 25 heavy (non-hydrogen) atoms. The minimum absolute atomic E-state index is 0.151. The summed E-state index contributed by atoms with van der Waals surface area (Å²) < 4.78 is 5.33. The summed E-state index contributed by atoms with van der Waals surface area (Å²) in [5.41, 5.74) is 6.67. The highest BCUT2D eigenvalue weighted by atomic mass is 32.1. The minimum atomic E-state index is -0.455. The second kappa shape index (κ2) is 6.66. The number of carbonyl (C=O) groups excluding carboxylic acids is 1. The number of amides is 1. The Bertz CT molecular complexity index is 865. The number of carbonyl (C=O) groups is 1. The number of aromatic nitrogens is 3. The molecule has 9 heteroatoms. The van der Waals surface area contributed by atoms with Gasteiger partial charge in [0.05, 0.1) is 22.5 Å². The third-order valence-electron chi connectivity index (χ3n) is 4.26. The first-order valence-electron chi connectivity index (χ1n) is 8.04. The van der Waals surface area contributed by atoms with Crippen LogP contribution in [0.4, 0.5) is 5.13 Å². The number of hydrogen-bond donors (Lipinski definition) is 2. The van der Waals surface area contributed by atoms with Gasteiger partial charge in [-0.3, -0.25) is 10.1 Å². The van der Waals surface area contributed by atoms with Crippen LogP contribution in [-0.2, 0) is 12.0 Å². The largest absolute Gasteiger partial charge is 0.339 e. The van der Waals surface area contributed by atoms with Gasteiger partial charge >= 0.3 is 0 Å². The van der Waals surface area contributed by atoms with E-state index in [0.29, 0.717) is 28.1 Å². The van der Waals surface area contributed by atoms with Crippen molar-refractivity contribution >= 4 is 33.7 Å². The standard InChI is InChI=1S/C16H17N5O2S2/c17-16(5-1-2-6-16)14-19-12(23-21-14)8-10-9-25-15(18-10)20-13(22)11-4-3-7-24-11/h3-4,7,9H,1-2,5-6,8,17H2,(H,18,20,22). The average molecular weight is 375 g/mol. The lowest BCUT2D eigenvalue weighted by atomic mass is 9.99. The van der Waals surface area contributed by atoms with Crippen molar-refractivity contribution in [2.75, 3.05) is 5.32 Å². The zero-order valence-corrected chi connectivity index (χ0v) is 15.0. The van der Waals surface area contributed by atoms with Gasteiger partial charge in [0, 0.05) is 5.38 Å². The Balaban J connectivity index is 1.41. The van der Waals surface area contributed by atoms with Crippen molar-refractivity contribution in [1.29, 1.82) is 0 Å². The maximum absolute atomic E-state index is 12.0. The van der Waals surface area contributed by atoms with E-state index in [2.05, 4.69) is 20.4 Å². The highest BCUT2D eigenvalue weighted by Gasteiger charge is 2.35. The summed E-state index contributed by atoms with van der Waals surface area (Å²) in [6.45, 7) is 0. The Kier molecular flexibility index (Phi) is 4.36. The van der Waals surface area contributed by atoms with Crippen LogP contribution >= 0.6 is 22.7 Å². The monoisotopic (exact) mass is 375 g/mol. The van der Waals surface area contributed by atoms with Crippen molar-refractivity contribution < 1.29 is 9.32 Å². The van der Waals surface area contributed by atoms with Gasteiger partial charge in [-0.2, -0.15) is 4.98 Å². The smallest absolute Gasteiger partial charge is 0.267 e. The number of nitrogens with zero attached hydrogens (tertiary/aromatic N) is 3. The van der Waals surface area contributed by atoms with Crippen LogP contribution in [0.2, 0.25) is 0 Å². The maximum atomic E-state index is 12.0. The third-order valence-corrected chi connectivity index (χ3v) is 5.93. The molecule has 1 fully saturated rings. The van der Waals surface area contributed by atoms with Gasteiger partial charge in [-0.15, -0.1) is 22.7 Å². The zero-order chi connectivity index (χ0) is 17.3. The predicted octanol–water partition coefficient (Wildman–Crippen LogP) is 3.16. The van der Waals surface area contributed by atoms with Crippen molar-refractivity contribution in [3.63, 3.8) is 0 Å². The summed E-state index contributed by atoms with van der Waals surface area (Å²) in [7, 11) is 0. The molecule has 3 aromatic rings.